The average molecular weight is 286 g/mol. The van der Waals surface area contributed by atoms with Crippen LogP contribution in [0.3, 0.4) is 0 Å². The number of methoxy groups -OCH3 is 2. The molecule has 0 fully saturated rings. The molecule has 0 aliphatic rings. The first-order valence-corrected chi connectivity index (χ1v) is 6.31. The van der Waals surface area contributed by atoms with Gasteiger partial charge in [-0.2, -0.15) is 5.26 Å². The SMILES string of the molecule is COc1cc(NCc2cc(C#N)ccc2F)cc(OC)c1. The van der Waals surface area contributed by atoms with Gasteiger partial charge in [-0.05, 0) is 18.2 Å². The van der Waals surface area contributed by atoms with Crippen molar-refractivity contribution in [1.82, 2.24) is 0 Å². The molecule has 0 atom stereocenters. The number of ether oxygens (including phenoxy) is 2. The van der Waals surface area contributed by atoms with Crippen molar-refractivity contribution in [2.24, 2.45) is 0 Å². The molecular formula is C16H15FN2O2. The zero-order valence-corrected chi connectivity index (χ0v) is 11.8. The molecular weight excluding hydrogens is 271 g/mol. The maximum absolute atomic E-state index is 13.7. The van der Waals surface area contributed by atoms with E-state index in [2.05, 4.69) is 5.32 Å². The zero-order valence-electron chi connectivity index (χ0n) is 11.8. The third-order valence-electron chi connectivity index (χ3n) is 3.01. The molecule has 0 amide bonds. The lowest BCUT2D eigenvalue weighted by atomic mass is 10.1. The normalized spacial score (nSPS) is 9.81. The topological polar surface area (TPSA) is 54.3 Å². The Morgan fingerprint density at radius 1 is 1.10 bits per heavy atom. The van der Waals surface area contributed by atoms with Gasteiger partial charge in [0, 0.05) is 36.0 Å². The predicted octanol–water partition coefficient (Wildman–Crippen LogP) is 3.33. The van der Waals surface area contributed by atoms with Crippen LogP contribution >= 0.6 is 0 Å². The molecule has 108 valence electrons. The molecule has 0 aliphatic carbocycles. The highest BCUT2D eigenvalue weighted by Crippen LogP contribution is 2.26. The van der Waals surface area contributed by atoms with E-state index >= 15 is 0 Å². The van der Waals surface area contributed by atoms with Crippen molar-refractivity contribution in [1.29, 1.82) is 5.26 Å². The number of anilines is 1. The van der Waals surface area contributed by atoms with Crippen LogP contribution in [0.5, 0.6) is 11.5 Å². The first-order chi connectivity index (χ1) is 10.2. The first kappa shape index (κ1) is 14.7. The summed E-state index contributed by atoms with van der Waals surface area (Å²) in [6.07, 6.45) is 0. The molecule has 0 radical (unpaired) electrons. The fourth-order valence-electron chi connectivity index (χ4n) is 1.89. The van der Waals surface area contributed by atoms with Crippen LogP contribution in [0.1, 0.15) is 11.1 Å². The summed E-state index contributed by atoms with van der Waals surface area (Å²) in [5, 5.41) is 11.9. The average Bonchev–Trinajstić information content (AvgIpc) is 2.53. The minimum atomic E-state index is -0.351. The maximum atomic E-state index is 13.7. The molecule has 2 aromatic rings. The van der Waals surface area contributed by atoms with Crippen LogP contribution in [-0.2, 0) is 6.54 Å². The summed E-state index contributed by atoms with van der Waals surface area (Å²) < 4.78 is 24.0. The molecule has 4 nitrogen and oxygen atoms in total. The molecule has 0 heterocycles. The predicted molar refractivity (Wildman–Crippen MR) is 78.0 cm³/mol. The molecule has 1 N–H and O–H groups in total. The van der Waals surface area contributed by atoms with Gasteiger partial charge >= 0.3 is 0 Å². The van der Waals surface area contributed by atoms with Crippen molar-refractivity contribution >= 4 is 5.69 Å². The van der Waals surface area contributed by atoms with Crippen molar-refractivity contribution in [2.75, 3.05) is 19.5 Å². The molecule has 0 bridgehead atoms. The third-order valence-corrected chi connectivity index (χ3v) is 3.01. The van der Waals surface area contributed by atoms with E-state index in [9.17, 15) is 4.39 Å². The molecule has 0 spiro atoms. The van der Waals surface area contributed by atoms with Crippen LogP contribution in [0.25, 0.3) is 0 Å². The molecule has 0 saturated carbocycles. The van der Waals surface area contributed by atoms with Crippen molar-refractivity contribution < 1.29 is 13.9 Å². The van der Waals surface area contributed by atoms with Crippen LogP contribution in [0.15, 0.2) is 36.4 Å². The van der Waals surface area contributed by atoms with Crippen LogP contribution in [0.4, 0.5) is 10.1 Å². The first-order valence-electron chi connectivity index (χ1n) is 6.31. The fraction of sp³-hybridized carbons (Fsp3) is 0.188. The second kappa shape index (κ2) is 6.62. The van der Waals surface area contributed by atoms with Crippen LogP contribution in [0.2, 0.25) is 0 Å². The summed E-state index contributed by atoms with van der Waals surface area (Å²) in [7, 11) is 3.13. The Kier molecular flexibility index (Phi) is 4.62. The Morgan fingerprint density at radius 3 is 2.33 bits per heavy atom. The maximum Gasteiger partial charge on any atom is 0.128 e. The lowest BCUT2D eigenvalue weighted by Gasteiger charge is -2.11. The van der Waals surface area contributed by atoms with E-state index in [1.807, 2.05) is 6.07 Å². The van der Waals surface area contributed by atoms with Gasteiger partial charge in [-0.3, -0.25) is 0 Å². The highest BCUT2D eigenvalue weighted by atomic mass is 19.1. The third kappa shape index (κ3) is 3.63. The second-order valence-electron chi connectivity index (χ2n) is 4.37. The molecule has 0 saturated heterocycles. The van der Waals surface area contributed by atoms with E-state index in [0.29, 0.717) is 22.6 Å². The monoisotopic (exact) mass is 286 g/mol. The number of halogens is 1. The summed E-state index contributed by atoms with van der Waals surface area (Å²) in [5.74, 6) is 0.933. The van der Waals surface area contributed by atoms with Crippen LogP contribution in [0, 0.1) is 17.1 Å². The van der Waals surface area contributed by atoms with Gasteiger partial charge in [-0.25, -0.2) is 4.39 Å². The summed E-state index contributed by atoms with van der Waals surface area (Å²) in [4.78, 5) is 0. The number of benzene rings is 2. The van der Waals surface area contributed by atoms with E-state index in [0.717, 1.165) is 5.69 Å². The van der Waals surface area contributed by atoms with Crippen LogP contribution in [-0.4, -0.2) is 14.2 Å². The van der Waals surface area contributed by atoms with Gasteiger partial charge < -0.3 is 14.8 Å². The molecule has 21 heavy (non-hydrogen) atoms. The molecule has 5 heteroatoms. The molecule has 2 rings (SSSR count). The van der Waals surface area contributed by atoms with Gasteiger partial charge in [-0.15, -0.1) is 0 Å². The molecule has 0 unspecified atom stereocenters. The van der Waals surface area contributed by atoms with Crippen molar-refractivity contribution in [3.63, 3.8) is 0 Å². The number of rotatable bonds is 5. The lowest BCUT2D eigenvalue weighted by molar-refractivity contribution is 0.394. The largest absolute Gasteiger partial charge is 0.497 e. The van der Waals surface area contributed by atoms with Crippen molar-refractivity contribution in [3.05, 3.63) is 53.3 Å². The Labute approximate surface area is 122 Å². The highest BCUT2D eigenvalue weighted by Gasteiger charge is 2.06. The van der Waals surface area contributed by atoms with Gasteiger partial charge in [0.1, 0.15) is 17.3 Å². The van der Waals surface area contributed by atoms with Gasteiger partial charge in [0.25, 0.3) is 0 Å². The minimum absolute atomic E-state index is 0.262. The Morgan fingerprint density at radius 2 is 1.76 bits per heavy atom. The number of nitrogens with zero attached hydrogens (tertiary/aromatic N) is 1. The van der Waals surface area contributed by atoms with E-state index in [1.165, 1.54) is 18.2 Å². The van der Waals surface area contributed by atoms with Gasteiger partial charge in [0.2, 0.25) is 0 Å². The van der Waals surface area contributed by atoms with Gasteiger partial charge in [0.15, 0.2) is 0 Å². The van der Waals surface area contributed by atoms with E-state index < -0.39 is 0 Å². The standard InChI is InChI=1S/C16H15FN2O2/c1-20-14-6-13(7-15(8-14)21-2)19-10-12-5-11(9-18)3-4-16(12)17/h3-8,19H,10H2,1-2H3. The van der Waals surface area contributed by atoms with E-state index in [-0.39, 0.29) is 12.4 Å². The summed E-state index contributed by atoms with van der Waals surface area (Å²) in [5.41, 5.74) is 1.60. The van der Waals surface area contributed by atoms with Gasteiger partial charge in [-0.1, -0.05) is 0 Å². The number of hydrogen-bond donors (Lipinski definition) is 1. The summed E-state index contributed by atoms with van der Waals surface area (Å²) in [6, 6.07) is 11.6. The minimum Gasteiger partial charge on any atom is -0.497 e. The smallest absolute Gasteiger partial charge is 0.128 e. The van der Waals surface area contributed by atoms with Crippen molar-refractivity contribution in [3.8, 4) is 17.6 Å². The lowest BCUT2D eigenvalue weighted by Crippen LogP contribution is -2.03. The number of nitriles is 1. The van der Waals surface area contributed by atoms with Crippen LogP contribution < -0.4 is 14.8 Å². The zero-order chi connectivity index (χ0) is 15.2. The Bertz CT molecular complexity index is 658. The Hall–Kier alpha value is -2.74. The quantitative estimate of drug-likeness (QED) is 0.916. The fourth-order valence-corrected chi connectivity index (χ4v) is 1.89. The molecule has 0 aliphatic heterocycles. The van der Waals surface area contributed by atoms with E-state index in [1.54, 1.807) is 32.4 Å². The highest BCUT2D eigenvalue weighted by molar-refractivity contribution is 5.54. The Balaban J connectivity index is 2.18. The second-order valence-corrected chi connectivity index (χ2v) is 4.37. The van der Waals surface area contributed by atoms with E-state index in [4.69, 9.17) is 14.7 Å². The molecule has 0 aromatic heterocycles. The van der Waals surface area contributed by atoms with Crippen molar-refractivity contribution in [2.45, 2.75) is 6.54 Å². The van der Waals surface area contributed by atoms with Gasteiger partial charge in [0.05, 0.1) is 25.9 Å². The number of hydrogen-bond acceptors (Lipinski definition) is 4. The summed E-state index contributed by atoms with van der Waals surface area (Å²) in [6.45, 7) is 0.262. The molecule has 2 aromatic carbocycles. The number of nitrogens with one attached hydrogen (secondary N) is 1. The summed E-state index contributed by atoms with van der Waals surface area (Å²) >= 11 is 0.